The molecule has 3 N–H and O–H groups in total. The maximum atomic E-state index is 7.45. The number of halogens is 1. The van der Waals surface area contributed by atoms with Crippen molar-refractivity contribution in [3.63, 3.8) is 0 Å². The van der Waals surface area contributed by atoms with Crippen molar-refractivity contribution < 1.29 is 0 Å². The Hall–Kier alpha value is -1.47. The van der Waals surface area contributed by atoms with E-state index in [1.807, 2.05) is 36.5 Å². The van der Waals surface area contributed by atoms with Crippen molar-refractivity contribution in [2.45, 2.75) is 4.90 Å². The normalized spacial score (nSPS) is 10.2. The van der Waals surface area contributed by atoms with Crippen molar-refractivity contribution in [2.24, 2.45) is 5.73 Å². The maximum absolute atomic E-state index is 7.45. The summed E-state index contributed by atoms with van der Waals surface area (Å²) in [6, 6.07) is 18.3. The van der Waals surface area contributed by atoms with E-state index in [-0.39, 0.29) is 29.1 Å². The molecule has 20 heavy (non-hydrogen) atoms. The molecule has 0 amide bonds. The van der Waals surface area contributed by atoms with Gasteiger partial charge in [-0.2, -0.15) is 0 Å². The topological polar surface area (TPSA) is 54.8 Å². The van der Waals surface area contributed by atoms with Crippen molar-refractivity contribution in [1.82, 2.24) is 4.57 Å². The van der Waals surface area contributed by atoms with Gasteiger partial charge >= 0.3 is 0 Å². The van der Waals surface area contributed by atoms with E-state index >= 15 is 0 Å². The van der Waals surface area contributed by atoms with E-state index in [0.717, 1.165) is 21.5 Å². The van der Waals surface area contributed by atoms with Crippen LogP contribution in [0.5, 0.6) is 0 Å². The van der Waals surface area contributed by atoms with Crippen LogP contribution in [0.15, 0.2) is 65.7 Å². The van der Waals surface area contributed by atoms with Crippen LogP contribution < -0.4 is 5.73 Å². The Morgan fingerprint density at radius 3 is 2.35 bits per heavy atom. The molecule has 0 atom stereocenters. The minimum Gasteiger partial charge on any atom is -0.378 e. The molecule has 3 rings (SSSR count). The molecule has 0 aliphatic carbocycles. The lowest BCUT2D eigenvalue weighted by molar-refractivity contribution is 1.11. The van der Waals surface area contributed by atoms with Gasteiger partial charge in [-0.25, -0.2) is 0 Å². The standard InChI is InChI=1S/C15H13N3S.HI/c16-15(17)19-14-10-18(11-6-2-1-3-7-11)13-9-5-4-8-12(13)14;/h1-10H,(H3,16,17);1H. The second kappa shape index (κ2) is 6.32. The summed E-state index contributed by atoms with van der Waals surface area (Å²) < 4.78 is 2.13. The zero-order valence-corrected chi connectivity index (χ0v) is 13.8. The summed E-state index contributed by atoms with van der Waals surface area (Å²) in [6.45, 7) is 0. The second-order valence-electron chi connectivity index (χ2n) is 4.18. The number of hydrogen-bond acceptors (Lipinski definition) is 2. The van der Waals surface area contributed by atoms with Gasteiger partial charge in [0.25, 0.3) is 0 Å². The Morgan fingerprint density at radius 2 is 1.65 bits per heavy atom. The first-order valence-corrected chi connectivity index (χ1v) is 6.75. The molecule has 0 aliphatic rings. The van der Waals surface area contributed by atoms with Crippen LogP contribution in [0.3, 0.4) is 0 Å². The summed E-state index contributed by atoms with van der Waals surface area (Å²) in [6.07, 6.45) is 2.03. The Labute approximate surface area is 138 Å². The molecule has 3 aromatic rings. The molecule has 0 unspecified atom stereocenters. The fraction of sp³-hybridized carbons (Fsp3) is 0. The number of aromatic nitrogens is 1. The Kier molecular flexibility index (Phi) is 4.72. The van der Waals surface area contributed by atoms with Crippen LogP contribution in [0.25, 0.3) is 16.6 Å². The van der Waals surface area contributed by atoms with E-state index in [9.17, 15) is 0 Å². The summed E-state index contributed by atoms with van der Waals surface area (Å²) >= 11 is 1.28. The van der Waals surface area contributed by atoms with Gasteiger partial charge in [0.1, 0.15) is 0 Å². The monoisotopic (exact) mass is 395 g/mol. The van der Waals surface area contributed by atoms with Gasteiger partial charge in [0.05, 0.1) is 5.52 Å². The number of para-hydroxylation sites is 2. The fourth-order valence-electron chi connectivity index (χ4n) is 2.15. The summed E-state index contributed by atoms with van der Waals surface area (Å²) in [4.78, 5) is 1.01. The van der Waals surface area contributed by atoms with Gasteiger partial charge in [-0.15, -0.1) is 24.0 Å². The highest BCUT2D eigenvalue weighted by molar-refractivity contribution is 14.0. The molecule has 0 bridgehead atoms. The summed E-state index contributed by atoms with van der Waals surface area (Å²) in [5.74, 6) is 0. The Morgan fingerprint density at radius 1 is 1.00 bits per heavy atom. The van der Waals surface area contributed by atoms with Gasteiger partial charge < -0.3 is 10.3 Å². The number of thioether (sulfide) groups is 1. The highest BCUT2D eigenvalue weighted by Gasteiger charge is 2.10. The third-order valence-corrected chi connectivity index (χ3v) is 3.69. The molecule has 0 spiro atoms. The van der Waals surface area contributed by atoms with Crippen molar-refractivity contribution in [2.75, 3.05) is 0 Å². The van der Waals surface area contributed by atoms with Crippen molar-refractivity contribution >= 4 is 51.8 Å². The highest BCUT2D eigenvalue weighted by atomic mass is 127. The minimum atomic E-state index is 0. The summed E-state index contributed by atoms with van der Waals surface area (Å²) in [5, 5.41) is 8.68. The van der Waals surface area contributed by atoms with Crippen molar-refractivity contribution in [1.29, 1.82) is 5.41 Å². The SMILES string of the molecule is I.N=C(N)Sc1cn(-c2ccccc2)c2ccccc12. The third-order valence-electron chi connectivity index (χ3n) is 2.93. The van der Waals surface area contributed by atoms with Crippen molar-refractivity contribution in [3.8, 4) is 5.69 Å². The fourth-order valence-corrected chi connectivity index (χ4v) is 2.83. The van der Waals surface area contributed by atoms with Crippen LogP contribution in [-0.2, 0) is 0 Å². The van der Waals surface area contributed by atoms with Crippen LogP contribution in [0.4, 0.5) is 0 Å². The van der Waals surface area contributed by atoms with Gasteiger partial charge in [0, 0.05) is 22.2 Å². The molecule has 0 fully saturated rings. The Balaban J connectivity index is 0.00000147. The van der Waals surface area contributed by atoms with E-state index in [2.05, 4.69) is 28.8 Å². The van der Waals surface area contributed by atoms with Crippen LogP contribution in [0, 0.1) is 5.41 Å². The number of hydrogen-bond donors (Lipinski definition) is 2. The lowest BCUT2D eigenvalue weighted by Gasteiger charge is -2.04. The zero-order valence-electron chi connectivity index (χ0n) is 10.6. The molecule has 0 aliphatic heterocycles. The molecule has 0 radical (unpaired) electrons. The Bertz CT molecular complexity index is 737. The van der Waals surface area contributed by atoms with Crippen LogP contribution in [0.2, 0.25) is 0 Å². The van der Waals surface area contributed by atoms with Crippen LogP contribution >= 0.6 is 35.7 Å². The van der Waals surface area contributed by atoms with Gasteiger partial charge in [-0.3, -0.25) is 5.41 Å². The molecule has 0 saturated carbocycles. The van der Waals surface area contributed by atoms with Gasteiger partial charge in [-0.05, 0) is 18.2 Å². The quantitative estimate of drug-likeness (QED) is 0.295. The average Bonchev–Trinajstić information content (AvgIpc) is 2.78. The maximum Gasteiger partial charge on any atom is 0.156 e. The molecule has 2 aromatic carbocycles. The van der Waals surface area contributed by atoms with Crippen LogP contribution in [-0.4, -0.2) is 9.73 Å². The molecule has 3 nitrogen and oxygen atoms in total. The van der Waals surface area contributed by atoms with E-state index in [0.29, 0.717) is 0 Å². The molecule has 5 heteroatoms. The first-order valence-electron chi connectivity index (χ1n) is 5.93. The van der Waals surface area contributed by atoms with Crippen LogP contribution in [0.1, 0.15) is 0 Å². The lowest BCUT2D eigenvalue weighted by Crippen LogP contribution is -2.02. The summed E-state index contributed by atoms with van der Waals surface area (Å²) in [7, 11) is 0. The third kappa shape index (κ3) is 2.83. The first kappa shape index (κ1) is 14.9. The molecule has 0 saturated heterocycles. The molecule has 1 heterocycles. The lowest BCUT2D eigenvalue weighted by atomic mass is 10.2. The largest absolute Gasteiger partial charge is 0.378 e. The van der Waals surface area contributed by atoms with E-state index in [4.69, 9.17) is 11.1 Å². The highest BCUT2D eigenvalue weighted by Crippen LogP contribution is 2.31. The minimum absolute atomic E-state index is 0. The van der Waals surface area contributed by atoms with Crippen molar-refractivity contribution in [3.05, 3.63) is 60.8 Å². The van der Waals surface area contributed by atoms with E-state index in [1.165, 1.54) is 11.8 Å². The number of fused-ring (bicyclic) bond motifs is 1. The number of nitrogens with zero attached hydrogens (tertiary/aromatic N) is 1. The molecule has 1 aromatic heterocycles. The number of rotatable bonds is 2. The second-order valence-corrected chi connectivity index (χ2v) is 5.27. The molecular formula is C15H14IN3S. The first-order chi connectivity index (χ1) is 9.25. The predicted molar refractivity (Wildman–Crippen MR) is 96.5 cm³/mol. The number of amidine groups is 1. The molecule has 102 valence electrons. The van der Waals surface area contributed by atoms with Gasteiger partial charge in [0.2, 0.25) is 0 Å². The van der Waals surface area contributed by atoms with Gasteiger partial charge in [0.15, 0.2) is 5.17 Å². The predicted octanol–water partition coefficient (Wildman–Crippen LogP) is 4.23. The molecular weight excluding hydrogens is 381 g/mol. The number of benzene rings is 2. The smallest absolute Gasteiger partial charge is 0.156 e. The summed E-state index contributed by atoms with van der Waals surface area (Å²) in [5.41, 5.74) is 7.73. The van der Waals surface area contributed by atoms with E-state index in [1.54, 1.807) is 0 Å². The average molecular weight is 395 g/mol. The zero-order chi connectivity index (χ0) is 13.2. The number of nitrogens with one attached hydrogen (secondary N) is 1. The number of nitrogens with two attached hydrogens (primary N) is 1. The van der Waals surface area contributed by atoms with Gasteiger partial charge in [-0.1, -0.05) is 48.2 Å². The van der Waals surface area contributed by atoms with E-state index < -0.39 is 0 Å².